The van der Waals surface area contributed by atoms with E-state index in [2.05, 4.69) is 4.98 Å². The number of piperidine rings is 1. The Balaban J connectivity index is 1.35. The molecule has 1 aliphatic heterocycles. The molecule has 0 atom stereocenters. The molecule has 8 heteroatoms. The largest absolute Gasteiger partial charge is 0.487 e. The zero-order valence-corrected chi connectivity index (χ0v) is 15.9. The average Bonchev–Trinajstić information content (AvgIpc) is 3.35. The minimum Gasteiger partial charge on any atom is -0.487 e. The van der Waals surface area contributed by atoms with E-state index >= 15 is 0 Å². The SMILES string of the molecule is O=C(c1csc(-c2cccs2)n1)N1CCC(Oc2ccc(F)cc2F)CC1. The first-order valence-corrected chi connectivity index (χ1v) is 10.3. The maximum Gasteiger partial charge on any atom is 0.273 e. The van der Waals surface area contributed by atoms with Gasteiger partial charge in [-0.2, -0.15) is 0 Å². The molecule has 0 saturated carbocycles. The molecule has 1 aromatic carbocycles. The number of hydrogen-bond acceptors (Lipinski definition) is 5. The number of hydrogen-bond donors (Lipinski definition) is 0. The van der Waals surface area contributed by atoms with Crippen LogP contribution >= 0.6 is 22.7 Å². The molecule has 0 spiro atoms. The fourth-order valence-electron chi connectivity index (χ4n) is 2.97. The van der Waals surface area contributed by atoms with Crippen LogP contribution in [0, 0.1) is 11.6 Å². The molecule has 1 saturated heterocycles. The minimum atomic E-state index is -0.711. The third-order valence-electron chi connectivity index (χ3n) is 4.37. The van der Waals surface area contributed by atoms with E-state index < -0.39 is 11.6 Å². The van der Waals surface area contributed by atoms with E-state index in [1.807, 2.05) is 17.5 Å². The highest BCUT2D eigenvalue weighted by Gasteiger charge is 2.26. The van der Waals surface area contributed by atoms with Crippen molar-refractivity contribution in [3.8, 4) is 15.6 Å². The summed E-state index contributed by atoms with van der Waals surface area (Å²) < 4.78 is 32.3. The quantitative estimate of drug-likeness (QED) is 0.623. The van der Waals surface area contributed by atoms with E-state index in [-0.39, 0.29) is 17.8 Å². The molecule has 140 valence electrons. The van der Waals surface area contributed by atoms with Gasteiger partial charge in [0.1, 0.15) is 22.6 Å². The molecule has 1 fully saturated rings. The smallest absolute Gasteiger partial charge is 0.273 e. The van der Waals surface area contributed by atoms with Crippen molar-refractivity contribution in [2.24, 2.45) is 0 Å². The second kappa shape index (κ2) is 7.74. The van der Waals surface area contributed by atoms with Crippen LogP contribution in [0.3, 0.4) is 0 Å². The number of ether oxygens (including phenoxy) is 1. The lowest BCUT2D eigenvalue weighted by atomic mass is 10.1. The zero-order valence-electron chi connectivity index (χ0n) is 14.2. The lowest BCUT2D eigenvalue weighted by Crippen LogP contribution is -2.42. The van der Waals surface area contributed by atoms with Crippen LogP contribution in [-0.4, -0.2) is 35.0 Å². The first-order valence-electron chi connectivity index (χ1n) is 8.50. The molecular formula is C19H16F2N2O2S2. The van der Waals surface area contributed by atoms with Gasteiger partial charge in [-0.1, -0.05) is 6.07 Å². The van der Waals surface area contributed by atoms with Gasteiger partial charge in [0, 0.05) is 37.4 Å². The van der Waals surface area contributed by atoms with Crippen LogP contribution in [0.1, 0.15) is 23.3 Å². The molecule has 0 aliphatic carbocycles. The van der Waals surface area contributed by atoms with Crippen molar-refractivity contribution >= 4 is 28.6 Å². The fraction of sp³-hybridized carbons (Fsp3) is 0.263. The predicted octanol–water partition coefficient (Wildman–Crippen LogP) is 4.83. The number of aromatic nitrogens is 1. The van der Waals surface area contributed by atoms with Gasteiger partial charge in [-0.15, -0.1) is 22.7 Å². The highest BCUT2D eigenvalue weighted by Crippen LogP contribution is 2.29. The fourth-order valence-corrected chi connectivity index (χ4v) is 4.58. The molecule has 1 amide bonds. The summed E-state index contributed by atoms with van der Waals surface area (Å²) in [6, 6.07) is 7.21. The van der Waals surface area contributed by atoms with Gasteiger partial charge in [0.2, 0.25) is 0 Å². The van der Waals surface area contributed by atoms with Gasteiger partial charge in [0.25, 0.3) is 5.91 Å². The van der Waals surface area contributed by atoms with Crippen LogP contribution in [0.25, 0.3) is 9.88 Å². The monoisotopic (exact) mass is 406 g/mol. The van der Waals surface area contributed by atoms with Gasteiger partial charge >= 0.3 is 0 Å². The number of carbonyl (C=O) groups is 1. The predicted molar refractivity (Wildman–Crippen MR) is 101 cm³/mol. The van der Waals surface area contributed by atoms with Gasteiger partial charge in [-0.05, 0) is 23.6 Å². The van der Waals surface area contributed by atoms with Gasteiger partial charge in [0.15, 0.2) is 11.6 Å². The summed E-state index contributed by atoms with van der Waals surface area (Å²) in [4.78, 5) is 19.9. The van der Waals surface area contributed by atoms with Crippen molar-refractivity contribution in [1.29, 1.82) is 0 Å². The number of halogens is 2. The van der Waals surface area contributed by atoms with Crippen molar-refractivity contribution < 1.29 is 18.3 Å². The molecule has 1 aliphatic rings. The zero-order chi connectivity index (χ0) is 18.8. The van der Waals surface area contributed by atoms with E-state index in [0.29, 0.717) is 31.6 Å². The summed E-state index contributed by atoms with van der Waals surface area (Å²) in [7, 11) is 0. The van der Waals surface area contributed by atoms with Crippen molar-refractivity contribution in [2.45, 2.75) is 18.9 Å². The van der Waals surface area contributed by atoms with E-state index in [1.165, 1.54) is 23.5 Å². The Kier molecular flexibility index (Phi) is 5.18. The first-order chi connectivity index (χ1) is 13.1. The molecule has 27 heavy (non-hydrogen) atoms. The number of likely N-dealkylation sites (tertiary alicyclic amines) is 1. The second-order valence-electron chi connectivity index (χ2n) is 6.20. The summed E-state index contributed by atoms with van der Waals surface area (Å²) in [6.45, 7) is 1.02. The molecule has 2 aromatic heterocycles. The number of carbonyl (C=O) groups excluding carboxylic acids is 1. The number of rotatable bonds is 4. The Morgan fingerprint density at radius 3 is 2.70 bits per heavy atom. The summed E-state index contributed by atoms with van der Waals surface area (Å²) in [5.41, 5.74) is 0.451. The molecule has 0 unspecified atom stereocenters. The Morgan fingerprint density at radius 1 is 1.19 bits per heavy atom. The Morgan fingerprint density at radius 2 is 2.00 bits per heavy atom. The normalized spacial score (nSPS) is 15.1. The third kappa shape index (κ3) is 4.01. The minimum absolute atomic E-state index is 0.0428. The molecule has 0 radical (unpaired) electrons. The maximum absolute atomic E-state index is 13.7. The molecule has 3 heterocycles. The van der Waals surface area contributed by atoms with Crippen LogP contribution in [-0.2, 0) is 0 Å². The lowest BCUT2D eigenvalue weighted by molar-refractivity contribution is 0.0583. The number of thiazole rings is 1. The molecule has 4 rings (SSSR count). The van der Waals surface area contributed by atoms with Crippen molar-refractivity contribution in [3.63, 3.8) is 0 Å². The summed E-state index contributed by atoms with van der Waals surface area (Å²) in [6.07, 6.45) is 0.973. The van der Waals surface area contributed by atoms with Crippen molar-refractivity contribution in [2.75, 3.05) is 13.1 Å². The Hall–Kier alpha value is -2.32. The molecular weight excluding hydrogens is 390 g/mol. The first kappa shape index (κ1) is 18.1. The van der Waals surface area contributed by atoms with Gasteiger partial charge in [0.05, 0.1) is 4.88 Å². The number of thiophene rings is 1. The summed E-state index contributed by atoms with van der Waals surface area (Å²) in [5, 5.41) is 4.61. The summed E-state index contributed by atoms with van der Waals surface area (Å²) in [5.74, 6) is -1.40. The Bertz CT molecular complexity index is 935. The second-order valence-corrected chi connectivity index (χ2v) is 8.01. The summed E-state index contributed by atoms with van der Waals surface area (Å²) >= 11 is 3.05. The average molecular weight is 406 g/mol. The molecule has 0 N–H and O–H groups in total. The van der Waals surface area contributed by atoms with Crippen LogP contribution in [0.2, 0.25) is 0 Å². The van der Waals surface area contributed by atoms with Gasteiger partial charge in [-0.3, -0.25) is 4.79 Å². The highest BCUT2D eigenvalue weighted by atomic mass is 32.1. The molecule has 3 aromatic rings. The topological polar surface area (TPSA) is 42.4 Å². The number of amides is 1. The van der Waals surface area contributed by atoms with Gasteiger partial charge in [-0.25, -0.2) is 13.8 Å². The lowest BCUT2D eigenvalue weighted by Gasteiger charge is -2.31. The Labute approximate surface area is 163 Å². The van der Waals surface area contributed by atoms with Crippen LogP contribution in [0.4, 0.5) is 8.78 Å². The highest BCUT2D eigenvalue weighted by molar-refractivity contribution is 7.20. The van der Waals surface area contributed by atoms with E-state index in [4.69, 9.17) is 4.74 Å². The van der Waals surface area contributed by atoms with Gasteiger partial charge < -0.3 is 9.64 Å². The van der Waals surface area contributed by atoms with E-state index in [9.17, 15) is 13.6 Å². The van der Waals surface area contributed by atoms with Crippen LogP contribution in [0.15, 0.2) is 41.1 Å². The maximum atomic E-state index is 13.7. The van der Waals surface area contributed by atoms with E-state index in [1.54, 1.807) is 21.6 Å². The molecule has 4 nitrogen and oxygen atoms in total. The van der Waals surface area contributed by atoms with E-state index in [0.717, 1.165) is 16.0 Å². The third-order valence-corrected chi connectivity index (χ3v) is 6.25. The number of nitrogens with zero attached hydrogens (tertiary/aromatic N) is 2. The number of benzene rings is 1. The standard InChI is InChI=1S/C19H16F2N2O2S2/c20-12-3-4-16(14(21)10-12)25-13-5-7-23(8-6-13)19(24)15-11-27-18(22-15)17-2-1-9-26-17/h1-4,9-11,13H,5-8H2. The molecule has 0 bridgehead atoms. The van der Waals surface area contributed by atoms with Crippen LogP contribution in [0.5, 0.6) is 5.75 Å². The van der Waals surface area contributed by atoms with Crippen LogP contribution < -0.4 is 4.74 Å². The van der Waals surface area contributed by atoms with Crippen molar-refractivity contribution in [3.05, 3.63) is 58.4 Å². The van der Waals surface area contributed by atoms with Crippen molar-refractivity contribution in [1.82, 2.24) is 9.88 Å².